The number of nitrogens with one attached hydrogen (secondary N) is 1. The van der Waals surface area contributed by atoms with E-state index in [1.165, 1.54) is 11.1 Å². The van der Waals surface area contributed by atoms with Crippen molar-refractivity contribution < 1.29 is 7.48 Å². The molecule has 0 bridgehead atoms. The summed E-state index contributed by atoms with van der Waals surface area (Å²) in [4.78, 5) is 29.1. The highest BCUT2D eigenvalue weighted by molar-refractivity contribution is 6.12. The number of H-pyrrole nitrogens is 1. The van der Waals surface area contributed by atoms with Crippen molar-refractivity contribution in [2.24, 2.45) is 4.99 Å². The highest BCUT2D eigenvalue weighted by Gasteiger charge is 2.42. The van der Waals surface area contributed by atoms with Gasteiger partial charge in [0.05, 0.1) is 12.1 Å². The highest BCUT2D eigenvalue weighted by Crippen LogP contribution is 2.45. The van der Waals surface area contributed by atoms with Gasteiger partial charge in [0.1, 0.15) is 17.1 Å². The Bertz CT molecular complexity index is 2420. The zero-order chi connectivity index (χ0) is 40.9. The molecule has 3 aromatic carbocycles. The van der Waals surface area contributed by atoms with Gasteiger partial charge in [-0.1, -0.05) is 113 Å². The molecule has 2 aliphatic rings. The topological polar surface area (TPSA) is 70.6 Å². The number of anilines is 1. The van der Waals surface area contributed by atoms with Gasteiger partial charge in [0, 0.05) is 36.6 Å². The summed E-state index contributed by atoms with van der Waals surface area (Å²) in [5, 5.41) is 0.806. The van der Waals surface area contributed by atoms with Crippen LogP contribution in [0, 0.1) is 6.92 Å². The molecule has 1 unspecified atom stereocenters. The van der Waals surface area contributed by atoms with E-state index in [1.807, 2.05) is 49.4 Å². The fourth-order valence-electron chi connectivity index (χ4n) is 7.50. The van der Waals surface area contributed by atoms with Crippen LogP contribution in [0.5, 0.6) is 11.6 Å². The molecular formula is C48H58N4O2. The van der Waals surface area contributed by atoms with E-state index in [1.54, 1.807) is 0 Å². The Morgan fingerprint density at radius 2 is 1.41 bits per heavy atom. The lowest BCUT2D eigenvalue weighted by Crippen LogP contribution is -2.40. The van der Waals surface area contributed by atoms with Crippen molar-refractivity contribution in [2.75, 3.05) is 4.90 Å². The molecule has 0 spiro atoms. The van der Waals surface area contributed by atoms with E-state index in [0.29, 0.717) is 29.1 Å². The van der Waals surface area contributed by atoms with Gasteiger partial charge in [-0.25, -0.2) is 4.98 Å². The van der Waals surface area contributed by atoms with Crippen LogP contribution in [0.2, 0.25) is 0 Å². The quantitative estimate of drug-likeness (QED) is 0.200. The predicted octanol–water partition coefficient (Wildman–Crippen LogP) is 11.5. The lowest BCUT2D eigenvalue weighted by molar-refractivity contribution is 0.461. The van der Waals surface area contributed by atoms with E-state index < -0.39 is 6.37 Å². The molecule has 7 rings (SSSR count). The minimum Gasteiger partial charge on any atom is -0.439 e. The summed E-state index contributed by atoms with van der Waals surface area (Å²) >= 11 is 0. The first kappa shape index (κ1) is 35.0. The number of benzene rings is 3. The van der Waals surface area contributed by atoms with E-state index in [-0.39, 0.29) is 39.3 Å². The molecule has 0 saturated carbocycles. The molecule has 2 atom stereocenters. The number of aromatic amines is 1. The lowest BCUT2D eigenvalue weighted by atomic mass is 9.79. The summed E-state index contributed by atoms with van der Waals surface area (Å²) < 4.78 is 25.3. The predicted molar refractivity (Wildman–Crippen MR) is 225 cm³/mol. The largest absolute Gasteiger partial charge is 0.439 e. The van der Waals surface area contributed by atoms with Crippen molar-refractivity contribution in [3.8, 4) is 11.6 Å². The molecule has 0 amide bonds. The number of hydrogen-bond acceptors (Lipinski definition) is 5. The summed E-state index contributed by atoms with van der Waals surface area (Å²) in [6.07, 6.45) is -1.25. The molecule has 54 heavy (non-hydrogen) atoms. The maximum absolute atomic E-state index is 13.4. The van der Waals surface area contributed by atoms with Crippen LogP contribution in [0.15, 0.2) is 82.6 Å². The first-order valence-corrected chi connectivity index (χ1v) is 19.3. The van der Waals surface area contributed by atoms with E-state index in [9.17, 15) is 7.54 Å². The van der Waals surface area contributed by atoms with Crippen molar-refractivity contribution in [1.82, 2.24) is 9.97 Å². The Balaban J connectivity index is 1.42. The Labute approximate surface area is 324 Å². The maximum atomic E-state index is 13.4. The van der Waals surface area contributed by atoms with Crippen molar-refractivity contribution in [1.29, 1.82) is 0 Å². The van der Waals surface area contributed by atoms with Gasteiger partial charge in [0.25, 0.3) is 5.56 Å². The normalized spacial score (nSPS) is 19.2. The van der Waals surface area contributed by atoms with Crippen LogP contribution >= 0.6 is 0 Å². The standard InChI is InChI=1S/C48H58N4O2/c1-28-20-40(50-42-37(28)27-39(48(11,12)13)49-44(42)53)54-35-22-30(21-31(26-35)45(2,3)4)43-51-41-36-17-15-14-16-29(36)18-19-38(41)52(43)34-24-32(46(5,6)7)23-33(25-34)47(8,9)10/h14-17,20-27,38,41H,18-19H2,1-13H3,(H,49,53)/t38?,41-/m0/s1/i18D2. The fourth-order valence-corrected chi connectivity index (χ4v) is 7.50. The number of pyridine rings is 2. The zero-order valence-electron chi connectivity index (χ0n) is 36.4. The number of hydrogen-bond donors (Lipinski definition) is 1. The molecule has 6 nitrogen and oxygen atoms in total. The van der Waals surface area contributed by atoms with Gasteiger partial charge in [-0.3, -0.25) is 9.79 Å². The smallest absolute Gasteiger partial charge is 0.274 e. The van der Waals surface area contributed by atoms with Crippen molar-refractivity contribution in [3.63, 3.8) is 0 Å². The van der Waals surface area contributed by atoms with E-state index >= 15 is 0 Å². The third-order valence-electron chi connectivity index (χ3n) is 10.9. The maximum Gasteiger partial charge on any atom is 0.274 e. The van der Waals surface area contributed by atoms with Gasteiger partial charge < -0.3 is 14.6 Å². The third-order valence-corrected chi connectivity index (χ3v) is 10.9. The first-order chi connectivity index (χ1) is 25.8. The third kappa shape index (κ3) is 7.12. The van der Waals surface area contributed by atoms with Gasteiger partial charge in [0.2, 0.25) is 5.88 Å². The molecule has 1 N–H and O–H groups in total. The Morgan fingerprint density at radius 1 is 0.778 bits per heavy atom. The number of aryl methyl sites for hydroxylation is 2. The van der Waals surface area contributed by atoms with Gasteiger partial charge in [0.15, 0.2) is 0 Å². The zero-order valence-corrected chi connectivity index (χ0v) is 34.4. The van der Waals surface area contributed by atoms with E-state index in [4.69, 9.17) is 14.7 Å². The molecule has 1 aliphatic heterocycles. The summed E-state index contributed by atoms with van der Waals surface area (Å²) in [6, 6.07) is 24.4. The molecule has 1 aliphatic carbocycles. The Hall–Kier alpha value is -4.71. The highest BCUT2D eigenvalue weighted by atomic mass is 16.5. The molecule has 282 valence electrons. The van der Waals surface area contributed by atoms with Crippen LogP contribution in [0.4, 0.5) is 5.69 Å². The monoisotopic (exact) mass is 724 g/mol. The first-order valence-electron chi connectivity index (χ1n) is 20.3. The van der Waals surface area contributed by atoms with Crippen molar-refractivity contribution in [2.45, 2.75) is 137 Å². The molecule has 0 saturated heterocycles. The van der Waals surface area contributed by atoms with E-state index in [2.05, 4.69) is 123 Å². The molecule has 0 radical (unpaired) electrons. The average molecular weight is 725 g/mol. The van der Waals surface area contributed by atoms with Crippen molar-refractivity contribution >= 4 is 22.4 Å². The molecule has 6 heteroatoms. The van der Waals surface area contributed by atoms with Gasteiger partial charge in [-0.15, -0.1) is 0 Å². The van der Waals surface area contributed by atoms with Crippen LogP contribution < -0.4 is 15.2 Å². The second kappa shape index (κ2) is 13.0. The van der Waals surface area contributed by atoms with Crippen molar-refractivity contribution in [3.05, 3.63) is 128 Å². The molecule has 0 fully saturated rings. The Kier molecular flexibility index (Phi) is 8.40. The minimum absolute atomic E-state index is 0.117. The van der Waals surface area contributed by atoms with Crippen LogP contribution in [-0.2, 0) is 28.0 Å². The van der Waals surface area contributed by atoms with Crippen LogP contribution in [0.1, 0.15) is 143 Å². The number of nitrogens with zero attached hydrogens (tertiary/aromatic N) is 3. The Morgan fingerprint density at radius 3 is 2.04 bits per heavy atom. The summed E-state index contributed by atoms with van der Waals surface area (Å²) in [5.41, 5.74) is 8.19. The lowest BCUT2D eigenvalue weighted by Gasteiger charge is -2.36. The van der Waals surface area contributed by atoms with Gasteiger partial charge in [-0.2, -0.15) is 0 Å². The number of fused-ring (bicyclic) bond motifs is 4. The number of aromatic nitrogens is 2. The van der Waals surface area contributed by atoms with Crippen LogP contribution in [0.3, 0.4) is 0 Å². The number of amidine groups is 1. The average Bonchev–Trinajstić information content (AvgIpc) is 3.45. The number of rotatable bonds is 4. The summed E-state index contributed by atoms with van der Waals surface area (Å²) in [6.45, 7) is 28.2. The SMILES string of the molecule is [2H]C1([2H])CC2[C@@H](N=C(c3cc(Oc4cc(C)c5cc(C(C)(C)C)[nH]c(=O)c5n4)cc(C(C)(C)C)c3)N2c2cc(C(C)(C)C)cc(C(C)(C)C)c2)c2ccccc21. The summed E-state index contributed by atoms with van der Waals surface area (Å²) in [7, 11) is 0. The fraction of sp³-hybridized carbons (Fsp3) is 0.438. The molecule has 2 aromatic heterocycles. The second-order valence-corrected chi connectivity index (χ2v) is 19.5. The molecular weight excluding hydrogens is 665 g/mol. The summed E-state index contributed by atoms with van der Waals surface area (Å²) in [5.74, 6) is 1.71. The van der Waals surface area contributed by atoms with Gasteiger partial charge >= 0.3 is 0 Å². The molecule has 3 heterocycles. The number of ether oxygens (including phenoxy) is 1. The van der Waals surface area contributed by atoms with Gasteiger partial charge in [-0.05, 0) is 106 Å². The minimum atomic E-state index is -1.54. The van der Waals surface area contributed by atoms with E-state index in [0.717, 1.165) is 44.9 Å². The molecule has 5 aromatic rings. The van der Waals surface area contributed by atoms with Crippen LogP contribution in [0.25, 0.3) is 10.9 Å². The van der Waals surface area contributed by atoms with Crippen LogP contribution in [-0.4, -0.2) is 21.8 Å². The number of aliphatic imine (C=N–C) groups is 1. The second-order valence-electron chi connectivity index (χ2n) is 19.5.